The summed E-state index contributed by atoms with van der Waals surface area (Å²) in [7, 11) is 0. The van der Waals surface area contributed by atoms with Gasteiger partial charge in [0.2, 0.25) is 0 Å². The van der Waals surface area contributed by atoms with Gasteiger partial charge in [0.1, 0.15) is 0 Å². The van der Waals surface area contributed by atoms with Gasteiger partial charge in [-0.2, -0.15) is 0 Å². The van der Waals surface area contributed by atoms with Crippen molar-refractivity contribution in [3.63, 3.8) is 0 Å². The minimum absolute atomic E-state index is 0.530. The number of carbonyl (C=O) groups is 1. The number of aliphatic carboxylic acids is 1. The number of allylic oxidation sites excluding steroid dienone is 1. The molecule has 0 radical (unpaired) electrons. The zero-order valence-corrected chi connectivity index (χ0v) is 8.70. The molecule has 0 aliphatic heterocycles. The van der Waals surface area contributed by atoms with E-state index in [1.807, 2.05) is 6.08 Å². The second-order valence-electron chi connectivity index (χ2n) is 4.84. The summed E-state index contributed by atoms with van der Waals surface area (Å²) in [6.45, 7) is 1.71. The van der Waals surface area contributed by atoms with Crippen LogP contribution in [0.4, 0.5) is 0 Å². The van der Waals surface area contributed by atoms with Crippen molar-refractivity contribution in [2.75, 3.05) is 0 Å². The Bertz CT molecular complexity index is 259. The molecule has 0 amide bonds. The van der Waals surface area contributed by atoms with Gasteiger partial charge >= 0.3 is 5.97 Å². The lowest BCUT2D eigenvalue weighted by atomic mass is 9.64. The Labute approximate surface area is 85.0 Å². The molecule has 0 aromatic heterocycles. The Hall–Kier alpha value is -0.790. The highest BCUT2D eigenvalue weighted by Gasteiger charge is 2.34. The van der Waals surface area contributed by atoms with Crippen molar-refractivity contribution < 1.29 is 9.90 Å². The maximum atomic E-state index is 10.7. The van der Waals surface area contributed by atoms with Crippen LogP contribution < -0.4 is 0 Å². The molecule has 3 aliphatic rings. The minimum Gasteiger partial charge on any atom is -0.478 e. The van der Waals surface area contributed by atoms with Gasteiger partial charge in [0.05, 0.1) is 0 Å². The first-order valence-corrected chi connectivity index (χ1v) is 5.58. The molecule has 3 fully saturated rings. The summed E-state index contributed by atoms with van der Waals surface area (Å²) < 4.78 is 0. The highest BCUT2D eigenvalue weighted by Crippen LogP contribution is 2.45. The summed E-state index contributed by atoms with van der Waals surface area (Å²) in [5.74, 6) is 1.45. The van der Waals surface area contributed by atoms with Crippen molar-refractivity contribution >= 4 is 5.97 Å². The van der Waals surface area contributed by atoms with Crippen LogP contribution in [0.3, 0.4) is 0 Å². The topological polar surface area (TPSA) is 37.3 Å². The molecule has 14 heavy (non-hydrogen) atoms. The van der Waals surface area contributed by atoms with Crippen molar-refractivity contribution in [3.8, 4) is 0 Å². The van der Waals surface area contributed by atoms with Crippen LogP contribution in [0.15, 0.2) is 11.6 Å². The second-order valence-corrected chi connectivity index (χ2v) is 4.84. The summed E-state index contributed by atoms with van der Waals surface area (Å²) in [5.41, 5.74) is 0.530. The van der Waals surface area contributed by atoms with Gasteiger partial charge in [-0.1, -0.05) is 18.9 Å². The Balaban J connectivity index is 2.05. The standard InChI is InChI=1S/C12H18O2/c1-8(12(13)14)6-11-7-9-2-4-10(11)5-3-9/h6,9-11H,2-5,7H2,1H3,(H,13,14). The summed E-state index contributed by atoms with van der Waals surface area (Å²) in [6.07, 6.45) is 8.62. The molecule has 2 heteroatoms. The number of hydrogen-bond donors (Lipinski definition) is 1. The lowest BCUT2D eigenvalue weighted by molar-refractivity contribution is -0.132. The zero-order valence-electron chi connectivity index (χ0n) is 8.70. The molecule has 0 aromatic carbocycles. The summed E-state index contributed by atoms with van der Waals surface area (Å²) in [5, 5.41) is 8.81. The van der Waals surface area contributed by atoms with E-state index in [0.717, 1.165) is 11.8 Å². The molecule has 1 N–H and O–H groups in total. The fraction of sp³-hybridized carbons (Fsp3) is 0.750. The summed E-state index contributed by atoms with van der Waals surface area (Å²) >= 11 is 0. The van der Waals surface area contributed by atoms with E-state index in [-0.39, 0.29) is 0 Å². The third-order valence-corrected chi connectivity index (χ3v) is 3.90. The summed E-state index contributed by atoms with van der Waals surface area (Å²) in [4.78, 5) is 10.7. The van der Waals surface area contributed by atoms with Crippen LogP contribution in [-0.4, -0.2) is 11.1 Å². The van der Waals surface area contributed by atoms with Crippen LogP contribution in [-0.2, 0) is 4.79 Å². The predicted molar refractivity (Wildman–Crippen MR) is 54.9 cm³/mol. The van der Waals surface area contributed by atoms with Gasteiger partial charge in [0.15, 0.2) is 0 Å². The highest BCUT2D eigenvalue weighted by molar-refractivity contribution is 5.85. The highest BCUT2D eigenvalue weighted by atomic mass is 16.4. The normalized spacial score (nSPS) is 37.2. The van der Waals surface area contributed by atoms with Crippen LogP contribution in [0.1, 0.15) is 39.0 Å². The van der Waals surface area contributed by atoms with E-state index in [1.165, 1.54) is 32.1 Å². The fourth-order valence-corrected chi connectivity index (χ4v) is 3.03. The van der Waals surface area contributed by atoms with Gasteiger partial charge < -0.3 is 5.11 Å². The zero-order chi connectivity index (χ0) is 10.1. The van der Waals surface area contributed by atoms with Crippen LogP contribution in [0.2, 0.25) is 0 Å². The van der Waals surface area contributed by atoms with Crippen molar-refractivity contribution in [3.05, 3.63) is 11.6 Å². The summed E-state index contributed by atoms with van der Waals surface area (Å²) in [6, 6.07) is 0. The van der Waals surface area contributed by atoms with Gasteiger partial charge in [-0.25, -0.2) is 4.79 Å². The molecule has 2 bridgehead atoms. The van der Waals surface area contributed by atoms with Gasteiger partial charge in [-0.15, -0.1) is 0 Å². The van der Waals surface area contributed by atoms with E-state index < -0.39 is 5.97 Å². The van der Waals surface area contributed by atoms with E-state index in [2.05, 4.69) is 0 Å². The largest absolute Gasteiger partial charge is 0.478 e. The van der Waals surface area contributed by atoms with Crippen LogP contribution in [0.5, 0.6) is 0 Å². The molecule has 78 valence electrons. The SMILES string of the molecule is CC(=CC1CC2CCC1CC2)C(=O)O. The quantitative estimate of drug-likeness (QED) is 0.686. The smallest absolute Gasteiger partial charge is 0.330 e. The molecule has 1 atom stereocenters. The van der Waals surface area contributed by atoms with E-state index in [9.17, 15) is 4.79 Å². The van der Waals surface area contributed by atoms with Crippen molar-refractivity contribution in [2.45, 2.75) is 39.0 Å². The number of rotatable bonds is 2. The molecule has 0 heterocycles. The Morgan fingerprint density at radius 1 is 1.29 bits per heavy atom. The molecule has 0 saturated heterocycles. The number of fused-ring (bicyclic) bond motifs is 3. The van der Waals surface area contributed by atoms with E-state index in [1.54, 1.807) is 6.92 Å². The van der Waals surface area contributed by atoms with E-state index in [4.69, 9.17) is 5.11 Å². The molecule has 3 aliphatic carbocycles. The lowest BCUT2D eigenvalue weighted by Crippen LogP contribution is -2.30. The van der Waals surface area contributed by atoms with Crippen LogP contribution in [0, 0.1) is 17.8 Å². The van der Waals surface area contributed by atoms with Crippen LogP contribution >= 0.6 is 0 Å². The van der Waals surface area contributed by atoms with Crippen molar-refractivity contribution in [1.29, 1.82) is 0 Å². The molecule has 0 aromatic rings. The second kappa shape index (κ2) is 3.76. The van der Waals surface area contributed by atoms with Gasteiger partial charge in [0, 0.05) is 5.57 Å². The predicted octanol–water partition coefficient (Wildman–Crippen LogP) is 2.84. The maximum absolute atomic E-state index is 10.7. The third kappa shape index (κ3) is 1.84. The van der Waals surface area contributed by atoms with E-state index in [0.29, 0.717) is 11.5 Å². The van der Waals surface area contributed by atoms with Gasteiger partial charge in [0.25, 0.3) is 0 Å². The molecule has 1 unspecified atom stereocenters. The van der Waals surface area contributed by atoms with Crippen molar-refractivity contribution in [2.24, 2.45) is 17.8 Å². The maximum Gasteiger partial charge on any atom is 0.330 e. The Kier molecular flexibility index (Phi) is 2.62. The Morgan fingerprint density at radius 3 is 2.36 bits per heavy atom. The molecule has 3 saturated carbocycles. The first kappa shape index (κ1) is 9.75. The third-order valence-electron chi connectivity index (χ3n) is 3.90. The van der Waals surface area contributed by atoms with E-state index >= 15 is 0 Å². The van der Waals surface area contributed by atoms with Gasteiger partial charge in [-0.3, -0.25) is 0 Å². The number of carboxylic acids is 1. The molecular formula is C12H18O2. The molecule has 0 spiro atoms. The van der Waals surface area contributed by atoms with Gasteiger partial charge in [-0.05, 0) is 43.9 Å². The number of hydrogen-bond acceptors (Lipinski definition) is 1. The molecule has 3 rings (SSSR count). The minimum atomic E-state index is -0.758. The Morgan fingerprint density at radius 2 is 1.93 bits per heavy atom. The van der Waals surface area contributed by atoms with Crippen molar-refractivity contribution in [1.82, 2.24) is 0 Å². The average molecular weight is 194 g/mol. The average Bonchev–Trinajstić information content (AvgIpc) is 2.19. The monoisotopic (exact) mass is 194 g/mol. The number of carboxylic acid groups (broad SMARTS) is 1. The van der Waals surface area contributed by atoms with Crippen LogP contribution in [0.25, 0.3) is 0 Å². The lowest BCUT2D eigenvalue weighted by Gasteiger charge is -2.41. The fourth-order valence-electron chi connectivity index (χ4n) is 3.03. The molecule has 2 nitrogen and oxygen atoms in total. The first-order valence-electron chi connectivity index (χ1n) is 5.58. The molecular weight excluding hydrogens is 176 g/mol. The first-order chi connectivity index (χ1) is 6.66.